The average molecular weight is 517 g/mol. The second-order valence-electron chi connectivity index (χ2n) is 7.55. The maximum atomic E-state index is 13.2. The van der Waals surface area contributed by atoms with Crippen molar-refractivity contribution in [3.63, 3.8) is 0 Å². The first-order valence-corrected chi connectivity index (χ1v) is 11.0. The monoisotopic (exact) mass is 516 g/mol. The van der Waals surface area contributed by atoms with E-state index in [4.69, 9.17) is 4.42 Å². The van der Waals surface area contributed by atoms with Crippen LogP contribution >= 0.6 is 15.9 Å². The van der Waals surface area contributed by atoms with E-state index in [1.807, 2.05) is 12.1 Å². The van der Waals surface area contributed by atoms with Crippen LogP contribution in [0.2, 0.25) is 0 Å². The highest BCUT2D eigenvalue weighted by molar-refractivity contribution is 9.10. The van der Waals surface area contributed by atoms with Crippen LogP contribution < -0.4 is 0 Å². The van der Waals surface area contributed by atoms with E-state index < -0.39 is 17.8 Å². The molecule has 1 aromatic heterocycles. The highest BCUT2D eigenvalue weighted by Gasteiger charge is 2.35. The molecule has 1 aliphatic rings. The van der Waals surface area contributed by atoms with Crippen LogP contribution in [0.15, 0.2) is 86.3 Å². The number of halogens is 1. The number of nitriles is 1. The van der Waals surface area contributed by atoms with Gasteiger partial charge in [-0.25, -0.2) is 4.79 Å². The molecule has 1 N–H and O–H groups in total. The Morgan fingerprint density at radius 3 is 2.53 bits per heavy atom. The molecule has 2 aromatic carbocycles. The van der Waals surface area contributed by atoms with Crippen LogP contribution in [0.4, 0.5) is 0 Å². The molecule has 0 saturated carbocycles. The van der Waals surface area contributed by atoms with E-state index in [9.17, 15) is 24.8 Å². The molecule has 34 heavy (non-hydrogen) atoms. The van der Waals surface area contributed by atoms with Crippen molar-refractivity contribution in [2.75, 3.05) is 0 Å². The normalized spacial score (nSPS) is 15.1. The quantitative estimate of drug-likeness (QED) is 0.368. The number of imide groups is 1. The first-order chi connectivity index (χ1) is 16.3. The molecule has 0 spiro atoms. The number of carbonyl (C=O) groups is 3. The van der Waals surface area contributed by atoms with Crippen molar-refractivity contribution in [2.24, 2.45) is 0 Å². The fraction of sp³-hybridized carbons (Fsp3) is 0.0769. The zero-order valence-electron chi connectivity index (χ0n) is 17.9. The minimum absolute atomic E-state index is 0.0264. The van der Waals surface area contributed by atoms with Crippen LogP contribution in [0.3, 0.4) is 0 Å². The summed E-state index contributed by atoms with van der Waals surface area (Å²) >= 11 is 3.26. The van der Waals surface area contributed by atoms with Gasteiger partial charge in [-0.15, -0.1) is 0 Å². The molecular formula is C26H17BrN2O5. The lowest BCUT2D eigenvalue weighted by Gasteiger charge is -2.27. The van der Waals surface area contributed by atoms with E-state index in [2.05, 4.69) is 15.9 Å². The summed E-state index contributed by atoms with van der Waals surface area (Å²) in [6, 6.07) is 18.9. The molecule has 1 aliphatic heterocycles. The van der Waals surface area contributed by atoms with Gasteiger partial charge in [-0.05, 0) is 54.5 Å². The number of carbonyl (C=O) groups excluding carboxylic acids is 2. The van der Waals surface area contributed by atoms with E-state index in [0.717, 1.165) is 10.5 Å². The third-order valence-corrected chi connectivity index (χ3v) is 5.89. The predicted molar refractivity (Wildman–Crippen MR) is 127 cm³/mol. The molecule has 2 amide bonds. The number of carboxylic acids is 1. The lowest BCUT2D eigenvalue weighted by molar-refractivity contribution is -0.141. The fourth-order valence-electron chi connectivity index (χ4n) is 3.67. The fourth-order valence-corrected chi connectivity index (χ4v) is 4.03. The van der Waals surface area contributed by atoms with Crippen LogP contribution in [-0.4, -0.2) is 27.8 Å². The average Bonchev–Trinajstić information content (AvgIpc) is 3.29. The van der Waals surface area contributed by atoms with E-state index in [-0.39, 0.29) is 34.6 Å². The topological polar surface area (TPSA) is 112 Å². The van der Waals surface area contributed by atoms with Crippen LogP contribution in [-0.2, 0) is 16.1 Å². The van der Waals surface area contributed by atoms with Crippen molar-refractivity contribution in [3.05, 3.63) is 98.7 Å². The van der Waals surface area contributed by atoms with Crippen molar-refractivity contribution >= 4 is 39.8 Å². The standard InChI is InChI=1S/C26H17BrN2O5/c1-15-20(24(30)29(25(31)22(15)13-28)14-16-5-3-2-4-6-16)12-18-8-10-23(34-18)19-9-7-17(27)11-21(19)26(32)33/h2-12H,14H2,1H3,(H,32,33)/b20-12+. The molecule has 4 rings (SSSR count). The number of hydrogen-bond donors (Lipinski definition) is 1. The third kappa shape index (κ3) is 4.34. The van der Waals surface area contributed by atoms with Gasteiger partial charge in [-0.2, -0.15) is 5.26 Å². The Morgan fingerprint density at radius 2 is 1.85 bits per heavy atom. The van der Waals surface area contributed by atoms with Gasteiger partial charge < -0.3 is 9.52 Å². The van der Waals surface area contributed by atoms with Crippen molar-refractivity contribution in [1.29, 1.82) is 5.26 Å². The Balaban J connectivity index is 1.74. The molecule has 0 unspecified atom stereocenters. The Bertz CT molecular complexity index is 1430. The number of hydrogen-bond acceptors (Lipinski definition) is 5. The molecule has 0 aliphatic carbocycles. The summed E-state index contributed by atoms with van der Waals surface area (Å²) in [7, 11) is 0. The molecule has 0 fully saturated rings. The molecule has 7 nitrogen and oxygen atoms in total. The maximum Gasteiger partial charge on any atom is 0.336 e. The SMILES string of the molecule is CC1=C(C#N)C(=O)N(Cc2ccccc2)C(=O)/C1=C/c1ccc(-c2ccc(Br)cc2C(=O)O)o1. The smallest absolute Gasteiger partial charge is 0.336 e. The van der Waals surface area contributed by atoms with Crippen molar-refractivity contribution in [1.82, 2.24) is 4.90 Å². The highest BCUT2D eigenvalue weighted by atomic mass is 79.9. The van der Waals surface area contributed by atoms with Gasteiger partial charge in [0.2, 0.25) is 0 Å². The van der Waals surface area contributed by atoms with E-state index >= 15 is 0 Å². The first-order valence-electron chi connectivity index (χ1n) is 10.2. The zero-order valence-corrected chi connectivity index (χ0v) is 19.5. The predicted octanol–water partition coefficient (Wildman–Crippen LogP) is 5.20. The van der Waals surface area contributed by atoms with E-state index in [0.29, 0.717) is 15.8 Å². The van der Waals surface area contributed by atoms with Crippen molar-refractivity contribution < 1.29 is 23.9 Å². The molecule has 0 atom stereocenters. The summed E-state index contributed by atoms with van der Waals surface area (Å²) in [5, 5.41) is 19.1. The minimum atomic E-state index is -1.11. The summed E-state index contributed by atoms with van der Waals surface area (Å²) < 4.78 is 6.45. The van der Waals surface area contributed by atoms with Gasteiger partial charge in [-0.3, -0.25) is 14.5 Å². The summed E-state index contributed by atoms with van der Waals surface area (Å²) in [4.78, 5) is 38.7. The largest absolute Gasteiger partial charge is 0.478 e. The minimum Gasteiger partial charge on any atom is -0.478 e. The molecular weight excluding hydrogens is 500 g/mol. The lowest BCUT2D eigenvalue weighted by atomic mass is 9.94. The van der Waals surface area contributed by atoms with Crippen molar-refractivity contribution in [2.45, 2.75) is 13.5 Å². The Labute approximate surface area is 203 Å². The van der Waals surface area contributed by atoms with Gasteiger partial charge in [-0.1, -0.05) is 46.3 Å². The molecule has 8 heteroatoms. The van der Waals surface area contributed by atoms with Crippen LogP contribution in [0.25, 0.3) is 17.4 Å². The van der Waals surface area contributed by atoms with Crippen molar-refractivity contribution in [3.8, 4) is 17.4 Å². The van der Waals surface area contributed by atoms with Gasteiger partial charge in [0, 0.05) is 15.6 Å². The first kappa shape index (κ1) is 23.0. The molecule has 3 aromatic rings. The highest BCUT2D eigenvalue weighted by Crippen LogP contribution is 2.32. The van der Waals surface area contributed by atoms with Crippen LogP contribution in [0.1, 0.15) is 28.6 Å². The Kier molecular flexibility index (Phi) is 6.30. The number of benzene rings is 2. The van der Waals surface area contributed by atoms with Gasteiger partial charge in [0.25, 0.3) is 11.8 Å². The van der Waals surface area contributed by atoms with Gasteiger partial charge >= 0.3 is 5.97 Å². The summed E-state index contributed by atoms with van der Waals surface area (Å²) in [6.45, 7) is 1.57. The molecule has 0 bridgehead atoms. The van der Waals surface area contributed by atoms with Crippen LogP contribution in [0.5, 0.6) is 0 Å². The number of rotatable bonds is 5. The van der Waals surface area contributed by atoms with Crippen LogP contribution in [0, 0.1) is 11.3 Å². The Hall–Kier alpha value is -4.22. The zero-order chi connectivity index (χ0) is 24.4. The molecule has 0 saturated heterocycles. The van der Waals surface area contributed by atoms with E-state index in [1.54, 1.807) is 55.5 Å². The second-order valence-corrected chi connectivity index (χ2v) is 8.46. The molecule has 168 valence electrons. The molecule has 0 radical (unpaired) electrons. The third-order valence-electron chi connectivity index (χ3n) is 5.40. The number of carboxylic acid groups (broad SMARTS) is 1. The second kappa shape index (κ2) is 9.33. The summed E-state index contributed by atoms with van der Waals surface area (Å²) in [6.07, 6.45) is 1.46. The summed E-state index contributed by atoms with van der Waals surface area (Å²) in [5.74, 6) is -1.71. The van der Waals surface area contributed by atoms with Gasteiger partial charge in [0.05, 0.1) is 12.1 Å². The number of amides is 2. The maximum absolute atomic E-state index is 13.2. The van der Waals surface area contributed by atoms with Gasteiger partial charge in [0.15, 0.2) is 0 Å². The van der Waals surface area contributed by atoms with Gasteiger partial charge in [0.1, 0.15) is 23.2 Å². The van der Waals surface area contributed by atoms with E-state index in [1.165, 1.54) is 12.1 Å². The molecule has 2 heterocycles. The lowest BCUT2D eigenvalue weighted by Crippen LogP contribution is -2.42. The number of nitrogens with zero attached hydrogens (tertiary/aromatic N) is 2. The summed E-state index contributed by atoms with van der Waals surface area (Å²) in [5.41, 5.74) is 1.48. The number of aromatic carboxylic acids is 1. The number of furan rings is 1. The Morgan fingerprint density at radius 1 is 1.12 bits per heavy atom.